The van der Waals surface area contributed by atoms with Crippen LogP contribution >= 0.6 is 0 Å². The summed E-state index contributed by atoms with van der Waals surface area (Å²) in [5, 5.41) is 1.04. The second kappa shape index (κ2) is 6.29. The molecule has 1 aliphatic heterocycles. The number of carbonyl (C=O) groups excluding carboxylic acids is 1. The van der Waals surface area contributed by atoms with Gasteiger partial charge in [0.2, 0.25) is 0 Å². The largest absolute Gasteiger partial charge is 0.336 e. The number of rotatable bonds is 2. The lowest BCUT2D eigenvalue weighted by molar-refractivity contribution is 0.0664. The van der Waals surface area contributed by atoms with Gasteiger partial charge in [0.15, 0.2) is 0 Å². The molecule has 1 fully saturated rings. The van der Waals surface area contributed by atoms with E-state index in [0.29, 0.717) is 5.56 Å². The molecule has 1 saturated heterocycles. The van der Waals surface area contributed by atoms with E-state index < -0.39 is 0 Å². The molecular formula is C19H21N5O. The molecule has 6 heteroatoms. The van der Waals surface area contributed by atoms with Crippen LogP contribution in [0.1, 0.15) is 10.4 Å². The van der Waals surface area contributed by atoms with E-state index in [2.05, 4.69) is 21.9 Å². The Morgan fingerprint density at radius 1 is 1.00 bits per heavy atom. The maximum atomic E-state index is 12.8. The van der Waals surface area contributed by atoms with Crippen molar-refractivity contribution in [1.29, 1.82) is 0 Å². The highest BCUT2D eigenvalue weighted by molar-refractivity contribution is 5.97. The summed E-state index contributed by atoms with van der Waals surface area (Å²) in [5.41, 5.74) is 3.41. The van der Waals surface area contributed by atoms with Gasteiger partial charge in [0.25, 0.3) is 5.91 Å². The molecule has 6 nitrogen and oxygen atoms in total. The first-order valence-corrected chi connectivity index (χ1v) is 8.48. The van der Waals surface area contributed by atoms with Gasteiger partial charge in [0, 0.05) is 68.3 Å². The lowest BCUT2D eigenvalue weighted by Crippen LogP contribution is -2.47. The maximum absolute atomic E-state index is 12.8. The molecule has 4 heterocycles. The monoisotopic (exact) mass is 335 g/mol. The number of piperazine rings is 1. The number of carbonyl (C=O) groups is 1. The Bertz CT molecular complexity index is 924. The quantitative estimate of drug-likeness (QED) is 0.719. The molecule has 0 N–H and O–H groups in total. The van der Waals surface area contributed by atoms with Gasteiger partial charge >= 0.3 is 0 Å². The predicted molar refractivity (Wildman–Crippen MR) is 97.3 cm³/mol. The molecule has 0 unspecified atom stereocenters. The summed E-state index contributed by atoms with van der Waals surface area (Å²) in [6.45, 7) is 3.37. The zero-order chi connectivity index (χ0) is 17.4. The SMILES string of the molecule is CN1CCN(C(=O)c2ccnc(-c3ccnc4c3ccn4C)c2)CC1. The number of likely N-dealkylation sites (N-methyl/N-ethyl adjacent to an activating group) is 1. The van der Waals surface area contributed by atoms with E-state index >= 15 is 0 Å². The van der Waals surface area contributed by atoms with Gasteiger partial charge in [0.1, 0.15) is 5.65 Å². The van der Waals surface area contributed by atoms with Crippen molar-refractivity contribution in [3.63, 3.8) is 0 Å². The normalized spacial score (nSPS) is 15.7. The Balaban J connectivity index is 1.68. The van der Waals surface area contributed by atoms with Crippen LogP contribution in [0.25, 0.3) is 22.3 Å². The minimum absolute atomic E-state index is 0.0788. The topological polar surface area (TPSA) is 54.3 Å². The number of aromatic nitrogens is 3. The average Bonchev–Trinajstić information content (AvgIpc) is 3.03. The third-order valence-corrected chi connectivity index (χ3v) is 4.84. The highest BCUT2D eigenvalue weighted by atomic mass is 16.2. The van der Waals surface area contributed by atoms with Crippen LogP contribution in [0, 0.1) is 0 Å². The van der Waals surface area contributed by atoms with Crippen LogP contribution < -0.4 is 0 Å². The Labute approximate surface area is 146 Å². The van der Waals surface area contributed by atoms with E-state index in [4.69, 9.17) is 0 Å². The standard InChI is InChI=1S/C19H21N5O/c1-22-9-11-24(12-10-22)19(25)14-3-6-20-17(13-14)15-4-7-21-18-16(15)5-8-23(18)2/h3-8,13H,9-12H2,1-2H3. The number of pyridine rings is 2. The fourth-order valence-electron chi connectivity index (χ4n) is 3.29. The first kappa shape index (κ1) is 15.8. The number of hydrogen-bond acceptors (Lipinski definition) is 4. The summed E-state index contributed by atoms with van der Waals surface area (Å²) >= 11 is 0. The van der Waals surface area contributed by atoms with Crippen molar-refractivity contribution >= 4 is 16.9 Å². The van der Waals surface area contributed by atoms with Crippen molar-refractivity contribution in [2.75, 3.05) is 33.2 Å². The van der Waals surface area contributed by atoms with Crippen LogP contribution in [0.15, 0.2) is 42.9 Å². The van der Waals surface area contributed by atoms with Crippen molar-refractivity contribution in [3.05, 3.63) is 48.4 Å². The Hall–Kier alpha value is -2.73. The Morgan fingerprint density at radius 3 is 2.56 bits per heavy atom. The van der Waals surface area contributed by atoms with Crippen molar-refractivity contribution in [2.45, 2.75) is 0 Å². The fourth-order valence-corrected chi connectivity index (χ4v) is 3.29. The fraction of sp³-hybridized carbons (Fsp3) is 0.316. The van der Waals surface area contributed by atoms with Gasteiger partial charge in [-0.05, 0) is 31.3 Å². The third-order valence-electron chi connectivity index (χ3n) is 4.84. The van der Waals surface area contributed by atoms with Crippen molar-refractivity contribution in [1.82, 2.24) is 24.3 Å². The minimum Gasteiger partial charge on any atom is -0.336 e. The summed E-state index contributed by atoms with van der Waals surface area (Å²) < 4.78 is 1.98. The molecule has 3 aromatic rings. The molecular weight excluding hydrogens is 314 g/mol. The van der Waals surface area contributed by atoms with E-state index in [1.165, 1.54) is 0 Å². The lowest BCUT2D eigenvalue weighted by atomic mass is 10.1. The second-order valence-corrected chi connectivity index (χ2v) is 6.55. The molecule has 0 aromatic carbocycles. The minimum atomic E-state index is 0.0788. The van der Waals surface area contributed by atoms with Crippen molar-refractivity contribution in [3.8, 4) is 11.3 Å². The molecule has 0 spiro atoms. The maximum Gasteiger partial charge on any atom is 0.254 e. The van der Waals surface area contributed by atoms with E-state index in [-0.39, 0.29) is 5.91 Å². The van der Waals surface area contributed by atoms with Gasteiger partial charge in [-0.25, -0.2) is 4.98 Å². The van der Waals surface area contributed by atoms with Crippen LogP contribution in [0.3, 0.4) is 0 Å². The molecule has 4 rings (SSSR count). The van der Waals surface area contributed by atoms with Gasteiger partial charge in [0.05, 0.1) is 5.69 Å². The molecule has 128 valence electrons. The molecule has 0 radical (unpaired) electrons. The van der Waals surface area contributed by atoms with E-state index in [1.807, 2.05) is 40.9 Å². The van der Waals surface area contributed by atoms with E-state index in [1.54, 1.807) is 18.5 Å². The Kier molecular flexibility index (Phi) is 3.97. The highest BCUT2D eigenvalue weighted by Crippen LogP contribution is 2.27. The van der Waals surface area contributed by atoms with Gasteiger partial charge < -0.3 is 14.4 Å². The van der Waals surface area contributed by atoms with Gasteiger partial charge in [-0.2, -0.15) is 0 Å². The Morgan fingerprint density at radius 2 is 1.76 bits per heavy atom. The molecule has 1 amide bonds. The summed E-state index contributed by atoms with van der Waals surface area (Å²) in [5.74, 6) is 0.0788. The molecule has 0 bridgehead atoms. The smallest absolute Gasteiger partial charge is 0.254 e. The number of aryl methyl sites for hydroxylation is 1. The van der Waals surface area contributed by atoms with Crippen molar-refractivity contribution < 1.29 is 4.79 Å². The van der Waals surface area contributed by atoms with Gasteiger partial charge in [-0.1, -0.05) is 0 Å². The summed E-state index contributed by atoms with van der Waals surface area (Å²) in [4.78, 5) is 25.9. The molecule has 0 atom stereocenters. The lowest BCUT2D eigenvalue weighted by Gasteiger charge is -2.32. The second-order valence-electron chi connectivity index (χ2n) is 6.55. The molecule has 0 saturated carbocycles. The average molecular weight is 335 g/mol. The predicted octanol–water partition coefficient (Wildman–Crippen LogP) is 2.02. The zero-order valence-corrected chi connectivity index (χ0v) is 14.5. The first-order chi connectivity index (χ1) is 12.1. The van der Waals surface area contributed by atoms with Gasteiger partial charge in [-0.15, -0.1) is 0 Å². The first-order valence-electron chi connectivity index (χ1n) is 8.48. The third kappa shape index (κ3) is 2.89. The number of hydrogen-bond donors (Lipinski definition) is 0. The zero-order valence-electron chi connectivity index (χ0n) is 14.5. The molecule has 25 heavy (non-hydrogen) atoms. The van der Waals surface area contributed by atoms with E-state index in [0.717, 1.165) is 48.5 Å². The number of amides is 1. The van der Waals surface area contributed by atoms with Gasteiger partial charge in [-0.3, -0.25) is 9.78 Å². The summed E-state index contributed by atoms with van der Waals surface area (Å²) in [6, 6.07) is 7.68. The van der Waals surface area contributed by atoms with Crippen LogP contribution in [-0.4, -0.2) is 63.5 Å². The summed E-state index contributed by atoms with van der Waals surface area (Å²) in [7, 11) is 4.06. The van der Waals surface area contributed by atoms with E-state index in [9.17, 15) is 4.79 Å². The van der Waals surface area contributed by atoms with Crippen LogP contribution in [0.5, 0.6) is 0 Å². The molecule has 1 aliphatic rings. The van der Waals surface area contributed by atoms with Crippen LogP contribution in [0.2, 0.25) is 0 Å². The molecule has 3 aromatic heterocycles. The highest BCUT2D eigenvalue weighted by Gasteiger charge is 2.21. The van der Waals surface area contributed by atoms with Crippen LogP contribution in [0.4, 0.5) is 0 Å². The number of fused-ring (bicyclic) bond motifs is 1. The summed E-state index contributed by atoms with van der Waals surface area (Å²) in [6.07, 6.45) is 5.49. The molecule has 0 aliphatic carbocycles. The van der Waals surface area contributed by atoms with Crippen molar-refractivity contribution in [2.24, 2.45) is 7.05 Å². The number of nitrogens with zero attached hydrogens (tertiary/aromatic N) is 5. The van der Waals surface area contributed by atoms with Crippen LogP contribution in [-0.2, 0) is 7.05 Å².